The lowest BCUT2D eigenvalue weighted by Gasteiger charge is -2.17. The van der Waals surface area contributed by atoms with Gasteiger partial charge in [-0.1, -0.05) is 55.8 Å². The van der Waals surface area contributed by atoms with Gasteiger partial charge in [-0.25, -0.2) is 4.39 Å². The second kappa shape index (κ2) is 6.38. The van der Waals surface area contributed by atoms with Crippen molar-refractivity contribution in [2.45, 2.75) is 32.8 Å². The van der Waals surface area contributed by atoms with Gasteiger partial charge in [-0.3, -0.25) is 0 Å². The molecule has 0 radical (unpaired) electrons. The summed E-state index contributed by atoms with van der Waals surface area (Å²) in [4.78, 5) is 0. The van der Waals surface area contributed by atoms with Crippen LogP contribution >= 0.6 is 11.6 Å². The van der Waals surface area contributed by atoms with Gasteiger partial charge in [0.1, 0.15) is 11.9 Å². The minimum absolute atomic E-state index is 0.0336. The summed E-state index contributed by atoms with van der Waals surface area (Å²) >= 11 is 5.79. The third-order valence-corrected chi connectivity index (χ3v) is 3.86. The molecule has 0 aliphatic rings. The summed E-state index contributed by atoms with van der Waals surface area (Å²) in [5.74, 6) is -0.550. The van der Waals surface area contributed by atoms with Crippen molar-refractivity contribution in [1.82, 2.24) is 0 Å². The highest BCUT2D eigenvalue weighted by Gasteiger charge is 2.19. The quantitative estimate of drug-likeness (QED) is 0.867. The summed E-state index contributed by atoms with van der Waals surface area (Å²) < 4.78 is 14.1. The molecule has 0 heterocycles. The predicted octanol–water partition coefficient (Wildman–Crippen LogP) is 4.69. The van der Waals surface area contributed by atoms with Gasteiger partial charge in [0.15, 0.2) is 0 Å². The number of aliphatic hydroxyl groups is 1. The van der Waals surface area contributed by atoms with E-state index in [-0.39, 0.29) is 10.6 Å². The number of hydrogen-bond acceptors (Lipinski definition) is 1. The summed E-state index contributed by atoms with van der Waals surface area (Å²) in [7, 11) is 0. The first-order valence-electron chi connectivity index (χ1n) is 6.82. The lowest BCUT2D eigenvalue weighted by molar-refractivity contribution is 0.214. The fourth-order valence-electron chi connectivity index (χ4n) is 2.34. The molecule has 2 rings (SSSR count). The van der Waals surface area contributed by atoms with Crippen molar-refractivity contribution in [2.24, 2.45) is 0 Å². The summed E-state index contributed by atoms with van der Waals surface area (Å²) in [5, 5.41) is 10.6. The van der Waals surface area contributed by atoms with Crippen molar-refractivity contribution in [1.29, 1.82) is 0 Å². The third-order valence-electron chi connectivity index (χ3n) is 3.57. The molecule has 0 spiro atoms. The highest BCUT2D eigenvalue weighted by Crippen LogP contribution is 2.30. The molecule has 0 aromatic heterocycles. The molecule has 1 nitrogen and oxygen atoms in total. The molecule has 0 bridgehead atoms. The van der Waals surface area contributed by atoms with Crippen LogP contribution in [0.15, 0.2) is 36.4 Å². The van der Waals surface area contributed by atoms with E-state index in [9.17, 15) is 9.50 Å². The van der Waals surface area contributed by atoms with Gasteiger partial charge in [-0.05, 0) is 35.6 Å². The standard InChI is InChI=1S/C17H18ClFO/c1-3-11-8-9-12(4-2)14(10-11)17(20)13-6-5-7-15(18)16(13)19/h5-10,17,20H,3-4H2,1-2H3. The van der Waals surface area contributed by atoms with Crippen LogP contribution in [-0.4, -0.2) is 5.11 Å². The molecule has 0 saturated heterocycles. The molecule has 1 atom stereocenters. The van der Waals surface area contributed by atoms with Crippen LogP contribution in [0.1, 0.15) is 42.2 Å². The Bertz CT molecular complexity index is 610. The van der Waals surface area contributed by atoms with Gasteiger partial charge in [-0.2, -0.15) is 0 Å². The Hall–Kier alpha value is -1.38. The highest BCUT2D eigenvalue weighted by atomic mass is 35.5. The third kappa shape index (κ3) is 2.87. The van der Waals surface area contributed by atoms with E-state index in [0.717, 1.165) is 29.5 Å². The number of aliphatic hydroxyl groups excluding tert-OH is 1. The van der Waals surface area contributed by atoms with Gasteiger partial charge in [0.2, 0.25) is 0 Å². The monoisotopic (exact) mass is 292 g/mol. The lowest BCUT2D eigenvalue weighted by Crippen LogP contribution is -2.07. The van der Waals surface area contributed by atoms with E-state index < -0.39 is 11.9 Å². The molecular formula is C17H18ClFO. The van der Waals surface area contributed by atoms with Gasteiger partial charge in [0.25, 0.3) is 0 Å². The zero-order chi connectivity index (χ0) is 14.7. The normalized spacial score (nSPS) is 12.4. The van der Waals surface area contributed by atoms with Crippen LogP contribution in [0.4, 0.5) is 4.39 Å². The molecule has 2 aromatic carbocycles. The van der Waals surface area contributed by atoms with Crippen LogP contribution in [0.25, 0.3) is 0 Å². The van der Waals surface area contributed by atoms with E-state index in [1.54, 1.807) is 12.1 Å². The average molecular weight is 293 g/mol. The van der Waals surface area contributed by atoms with Gasteiger partial charge < -0.3 is 5.11 Å². The Morgan fingerprint density at radius 1 is 1.10 bits per heavy atom. The van der Waals surface area contributed by atoms with Gasteiger partial charge in [-0.15, -0.1) is 0 Å². The van der Waals surface area contributed by atoms with Crippen LogP contribution < -0.4 is 0 Å². The Kier molecular flexibility index (Phi) is 4.79. The van der Waals surface area contributed by atoms with Crippen molar-refractivity contribution >= 4 is 11.6 Å². The SMILES string of the molecule is CCc1ccc(CC)c(C(O)c2cccc(Cl)c2F)c1. The molecule has 20 heavy (non-hydrogen) atoms. The summed E-state index contributed by atoms with van der Waals surface area (Å²) in [6.45, 7) is 4.07. The first-order chi connectivity index (χ1) is 9.58. The minimum atomic E-state index is -0.991. The maximum Gasteiger partial charge on any atom is 0.147 e. The summed E-state index contributed by atoms with van der Waals surface area (Å²) in [5.41, 5.74) is 3.13. The van der Waals surface area contributed by atoms with Gasteiger partial charge >= 0.3 is 0 Å². The van der Waals surface area contributed by atoms with Crippen molar-refractivity contribution in [3.8, 4) is 0 Å². The molecule has 0 saturated carbocycles. The second-order valence-electron chi connectivity index (χ2n) is 4.79. The number of hydrogen-bond donors (Lipinski definition) is 1. The number of rotatable bonds is 4. The summed E-state index contributed by atoms with van der Waals surface area (Å²) in [6, 6.07) is 10.7. The first kappa shape index (κ1) is 15.0. The van der Waals surface area contributed by atoms with Crippen LogP contribution in [0.3, 0.4) is 0 Å². The van der Waals surface area contributed by atoms with Crippen LogP contribution in [-0.2, 0) is 12.8 Å². The molecule has 106 valence electrons. The Morgan fingerprint density at radius 3 is 2.50 bits per heavy atom. The van der Waals surface area contributed by atoms with Crippen LogP contribution in [0, 0.1) is 5.82 Å². The number of benzene rings is 2. The molecule has 0 fully saturated rings. The van der Waals surface area contributed by atoms with Crippen molar-refractivity contribution in [2.75, 3.05) is 0 Å². The van der Waals surface area contributed by atoms with Crippen LogP contribution in [0.2, 0.25) is 5.02 Å². The van der Waals surface area contributed by atoms with Crippen molar-refractivity contribution in [3.63, 3.8) is 0 Å². The van der Waals surface area contributed by atoms with Gasteiger partial charge in [0.05, 0.1) is 5.02 Å². The van der Waals surface area contributed by atoms with E-state index in [2.05, 4.69) is 6.92 Å². The second-order valence-corrected chi connectivity index (χ2v) is 5.19. The Balaban J connectivity index is 2.51. The molecule has 2 aromatic rings. The van der Waals surface area contributed by atoms with Crippen molar-refractivity contribution < 1.29 is 9.50 Å². The van der Waals surface area contributed by atoms with E-state index in [1.807, 2.05) is 25.1 Å². The molecule has 0 aliphatic heterocycles. The first-order valence-corrected chi connectivity index (χ1v) is 7.19. The maximum absolute atomic E-state index is 14.1. The van der Waals surface area contributed by atoms with Gasteiger partial charge in [0, 0.05) is 5.56 Å². The molecule has 1 unspecified atom stereocenters. The van der Waals surface area contributed by atoms with E-state index in [4.69, 9.17) is 11.6 Å². The molecule has 0 aliphatic carbocycles. The smallest absolute Gasteiger partial charge is 0.147 e. The average Bonchev–Trinajstić information content (AvgIpc) is 2.48. The lowest BCUT2D eigenvalue weighted by atomic mass is 9.93. The number of aryl methyl sites for hydroxylation is 2. The van der Waals surface area contributed by atoms with E-state index in [1.165, 1.54) is 6.07 Å². The molecule has 1 N–H and O–H groups in total. The van der Waals surface area contributed by atoms with E-state index in [0.29, 0.717) is 0 Å². The summed E-state index contributed by atoms with van der Waals surface area (Å²) in [6.07, 6.45) is 0.676. The predicted molar refractivity (Wildman–Crippen MR) is 80.7 cm³/mol. The highest BCUT2D eigenvalue weighted by molar-refractivity contribution is 6.30. The largest absolute Gasteiger partial charge is 0.384 e. The van der Waals surface area contributed by atoms with Crippen LogP contribution in [0.5, 0.6) is 0 Å². The molecule has 3 heteroatoms. The fraction of sp³-hybridized carbons (Fsp3) is 0.294. The Morgan fingerprint density at radius 2 is 1.85 bits per heavy atom. The van der Waals surface area contributed by atoms with E-state index >= 15 is 0 Å². The topological polar surface area (TPSA) is 20.2 Å². The fourth-order valence-corrected chi connectivity index (χ4v) is 2.52. The molecule has 0 amide bonds. The number of halogens is 2. The molecular weight excluding hydrogens is 275 g/mol. The zero-order valence-corrected chi connectivity index (χ0v) is 12.4. The maximum atomic E-state index is 14.1. The Labute approximate surface area is 124 Å². The zero-order valence-electron chi connectivity index (χ0n) is 11.7. The van der Waals surface area contributed by atoms with Crippen molar-refractivity contribution in [3.05, 3.63) is 69.5 Å². The minimum Gasteiger partial charge on any atom is -0.384 e.